The molecule has 0 aliphatic rings. The number of rotatable bonds is 5. The van der Waals surface area contributed by atoms with E-state index in [1.54, 1.807) is 14.2 Å². The summed E-state index contributed by atoms with van der Waals surface area (Å²) in [5.41, 5.74) is -0.0615. The Hall–Kier alpha value is -1.15. The molecule has 7 nitrogen and oxygen atoms in total. The van der Waals surface area contributed by atoms with E-state index in [0.29, 0.717) is 19.0 Å². The number of anilines is 1. The normalized spacial score (nSPS) is 10.3. The molecule has 0 unspecified atom stereocenters. The molecular weight excluding hydrogens is 268 g/mol. The van der Waals surface area contributed by atoms with Crippen molar-refractivity contribution < 1.29 is 9.66 Å². The fourth-order valence-corrected chi connectivity index (χ4v) is 1.70. The highest BCUT2D eigenvalue weighted by Crippen LogP contribution is 2.31. The van der Waals surface area contributed by atoms with Crippen LogP contribution in [-0.4, -0.2) is 35.5 Å². The van der Waals surface area contributed by atoms with Crippen molar-refractivity contribution in [2.24, 2.45) is 0 Å². The maximum atomic E-state index is 10.7. The Morgan fingerprint density at radius 3 is 2.87 bits per heavy atom. The van der Waals surface area contributed by atoms with Crippen molar-refractivity contribution in [3.8, 4) is 0 Å². The van der Waals surface area contributed by atoms with Gasteiger partial charge in [0.25, 0.3) is 0 Å². The second-order valence-corrected chi connectivity index (χ2v) is 3.46. The van der Waals surface area contributed by atoms with E-state index in [0.717, 1.165) is 0 Å². The van der Waals surface area contributed by atoms with Gasteiger partial charge in [0.05, 0.1) is 18.1 Å². The van der Waals surface area contributed by atoms with Gasteiger partial charge in [-0.15, -0.1) is 0 Å². The number of hydrogen-bond donors (Lipinski definition) is 1. The Morgan fingerprint density at radius 1 is 1.73 bits per heavy atom. The van der Waals surface area contributed by atoms with Crippen molar-refractivity contribution in [2.75, 3.05) is 26.1 Å². The lowest BCUT2D eigenvalue weighted by Crippen LogP contribution is -2.09. The van der Waals surface area contributed by atoms with Gasteiger partial charge < -0.3 is 10.1 Å². The standard InChI is InChI=1S/C7H11BrN4O3/c1-9-7-5(12(13)14)6(8)10-11(7)3-4-15-2/h9H,3-4H2,1-2H3. The van der Waals surface area contributed by atoms with E-state index < -0.39 is 4.92 Å². The third-order valence-electron chi connectivity index (χ3n) is 1.81. The summed E-state index contributed by atoms with van der Waals surface area (Å²) in [5.74, 6) is 0.365. The van der Waals surface area contributed by atoms with Gasteiger partial charge >= 0.3 is 5.69 Å². The number of nitrogens with zero attached hydrogens (tertiary/aromatic N) is 3. The van der Waals surface area contributed by atoms with Crippen LogP contribution in [0.25, 0.3) is 0 Å². The highest BCUT2D eigenvalue weighted by atomic mass is 79.9. The van der Waals surface area contributed by atoms with E-state index in [1.807, 2.05) is 0 Å². The van der Waals surface area contributed by atoms with Gasteiger partial charge in [-0.2, -0.15) is 5.10 Å². The van der Waals surface area contributed by atoms with Gasteiger partial charge in [0.2, 0.25) is 10.4 Å². The molecule has 0 atom stereocenters. The molecule has 0 saturated heterocycles. The molecule has 1 aromatic heterocycles. The fraction of sp³-hybridized carbons (Fsp3) is 0.571. The highest BCUT2D eigenvalue weighted by molar-refractivity contribution is 9.10. The third-order valence-corrected chi connectivity index (χ3v) is 2.35. The summed E-state index contributed by atoms with van der Waals surface area (Å²) in [5, 5.41) is 17.5. The first-order valence-electron chi connectivity index (χ1n) is 4.19. The maximum Gasteiger partial charge on any atom is 0.345 e. The van der Waals surface area contributed by atoms with E-state index in [1.165, 1.54) is 4.68 Å². The topological polar surface area (TPSA) is 82.2 Å². The Kier molecular flexibility index (Phi) is 4.04. The van der Waals surface area contributed by atoms with Crippen LogP contribution in [0.5, 0.6) is 0 Å². The van der Waals surface area contributed by atoms with Gasteiger partial charge in [-0.25, -0.2) is 4.68 Å². The van der Waals surface area contributed by atoms with Gasteiger partial charge in [0, 0.05) is 14.2 Å². The smallest absolute Gasteiger partial charge is 0.345 e. The van der Waals surface area contributed by atoms with E-state index in [4.69, 9.17) is 4.74 Å². The van der Waals surface area contributed by atoms with E-state index in [9.17, 15) is 10.1 Å². The number of halogens is 1. The summed E-state index contributed by atoms with van der Waals surface area (Å²) in [6.07, 6.45) is 0. The molecule has 0 aliphatic heterocycles. The Morgan fingerprint density at radius 2 is 2.40 bits per heavy atom. The minimum absolute atomic E-state index is 0.0615. The van der Waals surface area contributed by atoms with Crippen molar-refractivity contribution in [3.05, 3.63) is 14.7 Å². The number of hydrogen-bond acceptors (Lipinski definition) is 5. The number of methoxy groups -OCH3 is 1. The molecule has 1 aromatic rings. The van der Waals surface area contributed by atoms with Crippen LogP contribution in [0.15, 0.2) is 4.60 Å². The van der Waals surface area contributed by atoms with Crippen LogP contribution in [0.2, 0.25) is 0 Å². The van der Waals surface area contributed by atoms with Crippen LogP contribution in [0, 0.1) is 10.1 Å². The quantitative estimate of drug-likeness (QED) is 0.647. The summed E-state index contributed by atoms with van der Waals surface area (Å²) in [6, 6.07) is 0. The Labute approximate surface area is 94.7 Å². The second-order valence-electron chi connectivity index (χ2n) is 2.71. The third kappa shape index (κ3) is 2.45. The number of aromatic nitrogens is 2. The van der Waals surface area contributed by atoms with Crippen molar-refractivity contribution in [3.63, 3.8) is 0 Å². The summed E-state index contributed by atoms with van der Waals surface area (Å²) in [4.78, 5) is 10.3. The maximum absolute atomic E-state index is 10.7. The lowest BCUT2D eigenvalue weighted by Gasteiger charge is -2.04. The average Bonchev–Trinajstić information content (AvgIpc) is 2.51. The van der Waals surface area contributed by atoms with E-state index >= 15 is 0 Å². The van der Waals surface area contributed by atoms with E-state index in [-0.39, 0.29) is 10.3 Å². The number of ether oxygens (including phenoxy) is 1. The van der Waals surface area contributed by atoms with Gasteiger partial charge in [-0.05, 0) is 15.9 Å². The molecule has 1 heterocycles. The summed E-state index contributed by atoms with van der Waals surface area (Å²) < 4.78 is 6.59. The van der Waals surface area contributed by atoms with Gasteiger partial charge in [0.15, 0.2) is 0 Å². The molecular formula is C7H11BrN4O3. The zero-order chi connectivity index (χ0) is 11.4. The van der Waals surface area contributed by atoms with Gasteiger partial charge in [-0.3, -0.25) is 10.1 Å². The molecule has 0 aromatic carbocycles. The molecule has 0 bridgehead atoms. The summed E-state index contributed by atoms with van der Waals surface area (Å²) in [7, 11) is 3.17. The van der Waals surface area contributed by atoms with Gasteiger partial charge in [0.1, 0.15) is 0 Å². The Bertz CT molecular complexity index is 365. The fourth-order valence-electron chi connectivity index (χ4n) is 1.17. The first kappa shape index (κ1) is 11.9. The lowest BCUT2D eigenvalue weighted by atomic mass is 10.5. The zero-order valence-corrected chi connectivity index (χ0v) is 9.94. The molecule has 0 spiro atoms. The molecule has 0 radical (unpaired) electrons. The molecule has 8 heteroatoms. The highest BCUT2D eigenvalue weighted by Gasteiger charge is 2.25. The largest absolute Gasteiger partial charge is 0.383 e. The first-order valence-corrected chi connectivity index (χ1v) is 4.98. The molecule has 0 saturated carbocycles. The predicted molar refractivity (Wildman–Crippen MR) is 58.0 cm³/mol. The van der Waals surface area contributed by atoms with Crippen molar-refractivity contribution in [1.29, 1.82) is 0 Å². The Balaban J connectivity index is 3.07. The van der Waals surface area contributed by atoms with Crippen LogP contribution in [0.3, 0.4) is 0 Å². The molecule has 84 valence electrons. The molecule has 0 amide bonds. The number of nitrogens with one attached hydrogen (secondary N) is 1. The molecule has 1 rings (SSSR count). The lowest BCUT2D eigenvalue weighted by molar-refractivity contribution is -0.384. The van der Waals surface area contributed by atoms with Crippen molar-refractivity contribution >= 4 is 27.4 Å². The van der Waals surface area contributed by atoms with Crippen LogP contribution in [0.1, 0.15) is 0 Å². The van der Waals surface area contributed by atoms with E-state index in [2.05, 4.69) is 26.3 Å². The number of nitro groups is 1. The second kappa shape index (κ2) is 5.08. The predicted octanol–water partition coefficient (Wildman–Crippen LogP) is 1.24. The minimum Gasteiger partial charge on any atom is -0.383 e. The molecule has 0 fully saturated rings. The molecule has 1 N–H and O–H groups in total. The average molecular weight is 279 g/mol. The van der Waals surface area contributed by atoms with Crippen molar-refractivity contribution in [1.82, 2.24) is 9.78 Å². The van der Waals surface area contributed by atoms with Gasteiger partial charge in [-0.1, -0.05) is 0 Å². The minimum atomic E-state index is -0.480. The monoisotopic (exact) mass is 278 g/mol. The van der Waals surface area contributed by atoms with Crippen LogP contribution >= 0.6 is 15.9 Å². The molecule has 0 aliphatic carbocycles. The zero-order valence-electron chi connectivity index (χ0n) is 8.36. The first-order chi connectivity index (χ1) is 7.11. The van der Waals surface area contributed by atoms with Crippen LogP contribution in [-0.2, 0) is 11.3 Å². The van der Waals surface area contributed by atoms with Crippen LogP contribution < -0.4 is 5.32 Å². The van der Waals surface area contributed by atoms with Crippen molar-refractivity contribution in [2.45, 2.75) is 6.54 Å². The van der Waals surface area contributed by atoms with Crippen LogP contribution in [0.4, 0.5) is 11.5 Å². The summed E-state index contributed by atoms with van der Waals surface area (Å²) in [6.45, 7) is 0.902. The SMILES string of the molecule is CNc1c([N+](=O)[O-])c(Br)nn1CCOC. The molecule has 15 heavy (non-hydrogen) atoms. The summed E-state index contributed by atoms with van der Waals surface area (Å²) >= 11 is 3.05.